The summed E-state index contributed by atoms with van der Waals surface area (Å²) in [6.45, 7) is 2.49. The van der Waals surface area contributed by atoms with E-state index in [0.717, 1.165) is 11.5 Å². The lowest BCUT2D eigenvalue weighted by molar-refractivity contribution is -0.120. The van der Waals surface area contributed by atoms with Gasteiger partial charge in [0.15, 0.2) is 11.5 Å². The molecule has 2 N–H and O–H groups in total. The van der Waals surface area contributed by atoms with E-state index < -0.39 is 5.91 Å². The molecule has 0 saturated heterocycles. The number of nitrogens with one attached hydrogen (secondary N) is 2. The van der Waals surface area contributed by atoms with Gasteiger partial charge in [-0.25, -0.2) is 0 Å². The van der Waals surface area contributed by atoms with Gasteiger partial charge in [-0.05, 0) is 24.6 Å². The molecule has 0 atom stereocenters. The summed E-state index contributed by atoms with van der Waals surface area (Å²) in [5, 5.41) is 5.41. The standard InChI is InChI=1S/C22H28N2O5S/c1-15-5-7-16(8-6-15)14-30-10-9-23-20(25)13-24-22(26)17-11-18(27-2)21(29-4)19(12-17)28-3/h5-8,11-12H,9-10,13-14H2,1-4H3,(H,23,25)(H,24,26). The molecular formula is C22H28N2O5S. The van der Waals surface area contributed by atoms with Crippen molar-refractivity contribution in [1.29, 1.82) is 0 Å². The third-order valence-electron chi connectivity index (χ3n) is 4.29. The fourth-order valence-corrected chi connectivity index (χ4v) is 3.49. The van der Waals surface area contributed by atoms with Crippen molar-refractivity contribution >= 4 is 23.6 Å². The second kappa shape index (κ2) is 12.0. The number of amides is 2. The van der Waals surface area contributed by atoms with Gasteiger partial charge in [0.1, 0.15) is 0 Å². The van der Waals surface area contributed by atoms with E-state index in [1.54, 1.807) is 11.8 Å². The third-order valence-corrected chi connectivity index (χ3v) is 5.32. The van der Waals surface area contributed by atoms with Crippen LogP contribution in [0.2, 0.25) is 0 Å². The summed E-state index contributed by atoms with van der Waals surface area (Å²) in [7, 11) is 4.44. The molecule has 2 aromatic rings. The zero-order valence-electron chi connectivity index (χ0n) is 17.7. The van der Waals surface area contributed by atoms with Gasteiger partial charge in [0.25, 0.3) is 5.91 Å². The van der Waals surface area contributed by atoms with E-state index in [0.29, 0.717) is 29.4 Å². The minimum absolute atomic E-state index is 0.113. The van der Waals surface area contributed by atoms with Crippen LogP contribution in [0.3, 0.4) is 0 Å². The van der Waals surface area contributed by atoms with Gasteiger partial charge in [0.2, 0.25) is 11.7 Å². The summed E-state index contributed by atoms with van der Waals surface area (Å²) in [6.07, 6.45) is 0. The van der Waals surface area contributed by atoms with Gasteiger partial charge in [-0.15, -0.1) is 0 Å². The molecule has 0 spiro atoms. The summed E-state index contributed by atoms with van der Waals surface area (Å²) in [5.74, 6) is 2.19. The Morgan fingerprint density at radius 1 is 0.933 bits per heavy atom. The van der Waals surface area contributed by atoms with Crippen molar-refractivity contribution in [3.05, 3.63) is 53.1 Å². The average molecular weight is 433 g/mol. The molecule has 0 heterocycles. The van der Waals surface area contributed by atoms with E-state index >= 15 is 0 Å². The lowest BCUT2D eigenvalue weighted by atomic mass is 10.1. The Hall–Kier alpha value is -2.87. The van der Waals surface area contributed by atoms with Crippen molar-refractivity contribution in [3.8, 4) is 17.2 Å². The number of hydrogen-bond donors (Lipinski definition) is 2. The van der Waals surface area contributed by atoms with Crippen LogP contribution >= 0.6 is 11.8 Å². The first-order chi connectivity index (χ1) is 14.5. The maximum Gasteiger partial charge on any atom is 0.251 e. The Morgan fingerprint density at radius 2 is 1.57 bits per heavy atom. The second-order valence-corrected chi connectivity index (χ2v) is 7.59. The fourth-order valence-electron chi connectivity index (χ4n) is 2.67. The van der Waals surface area contributed by atoms with Gasteiger partial charge < -0.3 is 24.8 Å². The van der Waals surface area contributed by atoms with Gasteiger partial charge in [-0.1, -0.05) is 29.8 Å². The van der Waals surface area contributed by atoms with Gasteiger partial charge in [-0.3, -0.25) is 9.59 Å². The summed E-state index contributed by atoms with van der Waals surface area (Å²) in [5.41, 5.74) is 2.81. The number of thioether (sulfide) groups is 1. The predicted octanol–water partition coefficient (Wildman–Crippen LogP) is 2.80. The molecule has 2 amide bonds. The molecule has 0 aromatic heterocycles. The van der Waals surface area contributed by atoms with Crippen molar-refractivity contribution in [2.75, 3.05) is 40.2 Å². The Kier molecular flexibility index (Phi) is 9.34. The molecule has 0 aliphatic carbocycles. The van der Waals surface area contributed by atoms with Gasteiger partial charge in [0, 0.05) is 23.6 Å². The number of ether oxygens (including phenoxy) is 3. The molecule has 2 rings (SSSR count). The topological polar surface area (TPSA) is 85.9 Å². The maximum absolute atomic E-state index is 12.4. The molecule has 2 aromatic carbocycles. The highest BCUT2D eigenvalue weighted by molar-refractivity contribution is 7.98. The van der Waals surface area contributed by atoms with Gasteiger partial charge >= 0.3 is 0 Å². The summed E-state index contributed by atoms with van der Waals surface area (Å²) >= 11 is 1.75. The van der Waals surface area contributed by atoms with Crippen LogP contribution in [0.25, 0.3) is 0 Å². The first-order valence-corrected chi connectivity index (χ1v) is 10.6. The molecule has 7 nitrogen and oxygen atoms in total. The monoisotopic (exact) mass is 432 g/mol. The van der Waals surface area contributed by atoms with Crippen LogP contribution in [-0.2, 0) is 10.5 Å². The summed E-state index contributed by atoms with van der Waals surface area (Å²) < 4.78 is 15.7. The summed E-state index contributed by atoms with van der Waals surface area (Å²) in [6, 6.07) is 11.5. The van der Waals surface area contributed by atoms with E-state index in [1.807, 2.05) is 0 Å². The van der Waals surface area contributed by atoms with Crippen molar-refractivity contribution in [1.82, 2.24) is 10.6 Å². The first-order valence-electron chi connectivity index (χ1n) is 9.46. The molecule has 0 unspecified atom stereocenters. The highest BCUT2D eigenvalue weighted by atomic mass is 32.2. The van der Waals surface area contributed by atoms with Crippen molar-refractivity contribution in [2.45, 2.75) is 12.7 Å². The van der Waals surface area contributed by atoms with Crippen molar-refractivity contribution in [2.24, 2.45) is 0 Å². The number of methoxy groups -OCH3 is 3. The SMILES string of the molecule is COc1cc(C(=O)NCC(=O)NCCSCc2ccc(C)cc2)cc(OC)c1OC. The maximum atomic E-state index is 12.4. The smallest absolute Gasteiger partial charge is 0.251 e. The van der Waals surface area contributed by atoms with E-state index in [9.17, 15) is 9.59 Å². The Morgan fingerprint density at radius 3 is 2.13 bits per heavy atom. The number of rotatable bonds is 11. The largest absolute Gasteiger partial charge is 0.493 e. The molecule has 0 saturated carbocycles. The van der Waals surface area contributed by atoms with Crippen molar-refractivity contribution < 1.29 is 23.8 Å². The average Bonchev–Trinajstić information content (AvgIpc) is 2.77. The Bertz CT molecular complexity index is 830. The van der Waals surface area contributed by atoms with Gasteiger partial charge in [0.05, 0.1) is 27.9 Å². The highest BCUT2D eigenvalue weighted by Gasteiger charge is 2.17. The zero-order chi connectivity index (χ0) is 21.9. The van der Waals surface area contributed by atoms with E-state index in [-0.39, 0.29) is 12.5 Å². The quantitative estimate of drug-likeness (QED) is 0.531. The Balaban J connectivity index is 1.75. The number of aryl methyl sites for hydroxylation is 1. The lowest BCUT2D eigenvalue weighted by Gasteiger charge is -2.14. The van der Waals surface area contributed by atoms with Crippen molar-refractivity contribution in [3.63, 3.8) is 0 Å². The van der Waals surface area contributed by atoms with E-state index in [2.05, 4.69) is 41.8 Å². The number of benzene rings is 2. The van der Waals surface area contributed by atoms with Crippen LogP contribution in [0.15, 0.2) is 36.4 Å². The Labute approximate surface area is 181 Å². The first kappa shape index (κ1) is 23.4. The highest BCUT2D eigenvalue weighted by Crippen LogP contribution is 2.38. The van der Waals surface area contributed by atoms with Crippen LogP contribution in [-0.4, -0.2) is 52.0 Å². The molecule has 0 aliphatic heterocycles. The van der Waals surface area contributed by atoms with E-state index in [1.165, 1.54) is 44.6 Å². The molecule has 162 valence electrons. The van der Waals surface area contributed by atoms with Gasteiger partial charge in [-0.2, -0.15) is 11.8 Å². The van der Waals surface area contributed by atoms with Crippen LogP contribution in [0.1, 0.15) is 21.5 Å². The molecular weight excluding hydrogens is 404 g/mol. The van der Waals surface area contributed by atoms with Crippen LogP contribution in [0.4, 0.5) is 0 Å². The number of hydrogen-bond acceptors (Lipinski definition) is 6. The molecule has 0 radical (unpaired) electrons. The fraction of sp³-hybridized carbons (Fsp3) is 0.364. The number of carbonyl (C=O) groups excluding carboxylic acids is 2. The zero-order valence-corrected chi connectivity index (χ0v) is 18.6. The third kappa shape index (κ3) is 6.88. The molecule has 0 fully saturated rings. The molecule has 8 heteroatoms. The molecule has 0 bridgehead atoms. The van der Waals surface area contributed by atoms with Crippen LogP contribution in [0.5, 0.6) is 17.2 Å². The predicted molar refractivity (Wildman–Crippen MR) is 119 cm³/mol. The lowest BCUT2D eigenvalue weighted by Crippen LogP contribution is -2.37. The van der Waals surface area contributed by atoms with E-state index in [4.69, 9.17) is 14.2 Å². The van der Waals surface area contributed by atoms with Crippen LogP contribution < -0.4 is 24.8 Å². The minimum Gasteiger partial charge on any atom is -0.493 e. The normalized spacial score (nSPS) is 10.3. The van der Waals surface area contributed by atoms with Crippen LogP contribution in [0, 0.1) is 6.92 Å². The second-order valence-electron chi connectivity index (χ2n) is 6.48. The molecule has 0 aliphatic rings. The summed E-state index contributed by atoms with van der Waals surface area (Å²) in [4.78, 5) is 24.4. The molecule has 30 heavy (non-hydrogen) atoms. The minimum atomic E-state index is -0.404. The number of carbonyl (C=O) groups is 2.